The summed E-state index contributed by atoms with van der Waals surface area (Å²) in [6.45, 7) is 1.67. The second-order valence-electron chi connectivity index (χ2n) is 3.77. The highest BCUT2D eigenvalue weighted by molar-refractivity contribution is 5.46. The van der Waals surface area contributed by atoms with Crippen molar-refractivity contribution in [2.45, 2.75) is 25.3 Å². The Hall–Kier alpha value is -1.09. The minimum absolute atomic E-state index is 0.140. The van der Waals surface area contributed by atoms with E-state index in [2.05, 4.69) is 0 Å². The monoisotopic (exact) mass is 181 g/mol. The topological polar surface area (TPSA) is 46.2 Å². The molecule has 0 heterocycles. The van der Waals surface area contributed by atoms with E-state index >= 15 is 0 Å². The number of benzene rings is 1. The lowest BCUT2D eigenvalue weighted by molar-refractivity contribution is 0.452. The van der Waals surface area contributed by atoms with Gasteiger partial charge in [-0.3, -0.25) is 0 Å². The number of aromatic hydroxyl groups is 1. The Morgan fingerprint density at radius 2 is 2.08 bits per heavy atom. The number of halogens is 1. The molecule has 70 valence electrons. The van der Waals surface area contributed by atoms with E-state index in [1.54, 1.807) is 6.92 Å². The normalized spacial score (nSPS) is 18.7. The fourth-order valence-corrected chi connectivity index (χ4v) is 1.52. The summed E-state index contributed by atoms with van der Waals surface area (Å²) < 4.78 is 13.0. The van der Waals surface area contributed by atoms with Crippen LogP contribution in [0.2, 0.25) is 0 Å². The molecule has 0 atom stereocenters. The van der Waals surface area contributed by atoms with E-state index in [0.29, 0.717) is 11.1 Å². The summed E-state index contributed by atoms with van der Waals surface area (Å²) in [5.74, 6) is -0.191. The SMILES string of the molecule is Cc1cc(F)cc(C2(N)CC2)c1O. The van der Waals surface area contributed by atoms with Gasteiger partial charge >= 0.3 is 0 Å². The van der Waals surface area contributed by atoms with Crippen molar-refractivity contribution in [2.75, 3.05) is 0 Å². The molecule has 1 fully saturated rings. The number of rotatable bonds is 1. The molecule has 0 radical (unpaired) electrons. The zero-order valence-electron chi connectivity index (χ0n) is 7.47. The van der Waals surface area contributed by atoms with Crippen LogP contribution in [0, 0.1) is 12.7 Å². The number of hydrogen-bond acceptors (Lipinski definition) is 2. The maximum absolute atomic E-state index is 13.0. The standard InChI is InChI=1S/C10H12FNO/c1-6-4-7(11)5-8(9(6)13)10(12)2-3-10/h4-5,13H,2-3,12H2,1H3. The maximum atomic E-state index is 13.0. The smallest absolute Gasteiger partial charge is 0.124 e. The van der Waals surface area contributed by atoms with E-state index in [9.17, 15) is 9.50 Å². The van der Waals surface area contributed by atoms with E-state index < -0.39 is 5.54 Å². The van der Waals surface area contributed by atoms with Crippen molar-refractivity contribution in [3.63, 3.8) is 0 Å². The van der Waals surface area contributed by atoms with Crippen LogP contribution in [0.1, 0.15) is 24.0 Å². The third-order valence-corrected chi connectivity index (χ3v) is 2.59. The van der Waals surface area contributed by atoms with Gasteiger partial charge in [-0.2, -0.15) is 0 Å². The minimum atomic E-state index is -0.475. The molecule has 0 aromatic heterocycles. The maximum Gasteiger partial charge on any atom is 0.124 e. The Balaban J connectivity index is 2.56. The summed E-state index contributed by atoms with van der Waals surface area (Å²) in [6, 6.07) is 2.64. The molecule has 0 aliphatic heterocycles. The van der Waals surface area contributed by atoms with Crippen LogP contribution >= 0.6 is 0 Å². The molecule has 13 heavy (non-hydrogen) atoms. The van der Waals surface area contributed by atoms with Crippen LogP contribution in [-0.2, 0) is 5.54 Å². The van der Waals surface area contributed by atoms with Crippen molar-refractivity contribution in [2.24, 2.45) is 5.73 Å². The Morgan fingerprint density at radius 3 is 2.62 bits per heavy atom. The lowest BCUT2D eigenvalue weighted by atomic mass is 10.0. The lowest BCUT2D eigenvalue weighted by Gasteiger charge is -2.13. The van der Waals surface area contributed by atoms with Crippen LogP contribution in [-0.4, -0.2) is 5.11 Å². The van der Waals surface area contributed by atoms with Gasteiger partial charge in [-0.1, -0.05) is 0 Å². The lowest BCUT2D eigenvalue weighted by Crippen LogP contribution is -2.19. The van der Waals surface area contributed by atoms with E-state index in [-0.39, 0.29) is 11.6 Å². The summed E-state index contributed by atoms with van der Waals surface area (Å²) in [7, 11) is 0. The van der Waals surface area contributed by atoms with Crippen molar-refractivity contribution in [1.29, 1.82) is 0 Å². The van der Waals surface area contributed by atoms with Crippen molar-refractivity contribution >= 4 is 0 Å². The van der Waals surface area contributed by atoms with Gasteiger partial charge in [-0.25, -0.2) is 4.39 Å². The number of aryl methyl sites for hydroxylation is 1. The molecule has 0 spiro atoms. The molecule has 0 bridgehead atoms. The average Bonchev–Trinajstić information content (AvgIpc) is 2.77. The van der Waals surface area contributed by atoms with Gasteiger partial charge in [-0.05, 0) is 37.5 Å². The Bertz CT molecular complexity index is 358. The summed E-state index contributed by atoms with van der Waals surface area (Å²) in [5.41, 5.74) is 6.50. The van der Waals surface area contributed by atoms with Gasteiger partial charge in [0, 0.05) is 11.1 Å². The molecule has 1 aromatic carbocycles. The number of nitrogens with two attached hydrogens (primary N) is 1. The summed E-state index contributed by atoms with van der Waals surface area (Å²) in [5, 5.41) is 9.65. The van der Waals surface area contributed by atoms with Gasteiger partial charge in [0.15, 0.2) is 0 Å². The number of hydrogen-bond donors (Lipinski definition) is 2. The van der Waals surface area contributed by atoms with Crippen LogP contribution in [0.5, 0.6) is 5.75 Å². The highest BCUT2D eigenvalue weighted by Crippen LogP contribution is 2.47. The highest BCUT2D eigenvalue weighted by atomic mass is 19.1. The predicted molar refractivity (Wildman–Crippen MR) is 47.9 cm³/mol. The molecule has 1 aliphatic carbocycles. The van der Waals surface area contributed by atoms with Crippen molar-refractivity contribution in [1.82, 2.24) is 0 Å². The van der Waals surface area contributed by atoms with E-state index in [1.165, 1.54) is 12.1 Å². The van der Waals surface area contributed by atoms with Gasteiger partial charge in [-0.15, -0.1) is 0 Å². The molecular weight excluding hydrogens is 169 g/mol. The number of phenols is 1. The third kappa shape index (κ3) is 1.29. The first-order valence-electron chi connectivity index (χ1n) is 4.31. The molecule has 2 nitrogen and oxygen atoms in total. The first-order chi connectivity index (χ1) is 6.03. The molecule has 1 saturated carbocycles. The van der Waals surface area contributed by atoms with Crippen LogP contribution in [0.4, 0.5) is 4.39 Å². The average molecular weight is 181 g/mol. The second-order valence-corrected chi connectivity index (χ2v) is 3.77. The summed E-state index contributed by atoms with van der Waals surface area (Å²) in [4.78, 5) is 0. The zero-order chi connectivity index (χ0) is 9.64. The fourth-order valence-electron chi connectivity index (χ4n) is 1.52. The quantitative estimate of drug-likeness (QED) is 0.693. The molecule has 3 heteroatoms. The Morgan fingerprint density at radius 1 is 1.46 bits per heavy atom. The van der Waals surface area contributed by atoms with Gasteiger partial charge < -0.3 is 10.8 Å². The molecule has 1 aliphatic rings. The van der Waals surface area contributed by atoms with E-state index in [4.69, 9.17) is 5.73 Å². The van der Waals surface area contributed by atoms with Crippen LogP contribution in [0.15, 0.2) is 12.1 Å². The summed E-state index contributed by atoms with van der Waals surface area (Å²) >= 11 is 0. The fraction of sp³-hybridized carbons (Fsp3) is 0.400. The molecule has 2 rings (SSSR count). The molecule has 3 N–H and O–H groups in total. The molecule has 0 amide bonds. The van der Waals surface area contributed by atoms with Crippen LogP contribution < -0.4 is 5.73 Å². The second kappa shape index (κ2) is 2.45. The van der Waals surface area contributed by atoms with Crippen LogP contribution in [0.25, 0.3) is 0 Å². The largest absolute Gasteiger partial charge is 0.507 e. The van der Waals surface area contributed by atoms with Crippen molar-refractivity contribution in [3.05, 3.63) is 29.1 Å². The number of phenolic OH excluding ortho intramolecular Hbond substituents is 1. The Labute approximate surface area is 76.2 Å². The first-order valence-corrected chi connectivity index (χ1v) is 4.31. The van der Waals surface area contributed by atoms with E-state index in [0.717, 1.165) is 12.8 Å². The molecule has 0 saturated heterocycles. The van der Waals surface area contributed by atoms with Gasteiger partial charge in [0.25, 0.3) is 0 Å². The van der Waals surface area contributed by atoms with Gasteiger partial charge in [0.1, 0.15) is 11.6 Å². The predicted octanol–water partition coefficient (Wildman–Crippen LogP) is 1.79. The first kappa shape index (κ1) is 8.51. The summed E-state index contributed by atoms with van der Waals surface area (Å²) in [6.07, 6.45) is 1.65. The highest BCUT2D eigenvalue weighted by Gasteiger charge is 2.42. The van der Waals surface area contributed by atoms with Gasteiger partial charge in [0.2, 0.25) is 0 Å². The van der Waals surface area contributed by atoms with Crippen molar-refractivity contribution < 1.29 is 9.50 Å². The molecule has 1 aromatic rings. The minimum Gasteiger partial charge on any atom is -0.507 e. The Kier molecular flexibility index (Phi) is 1.60. The zero-order valence-corrected chi connectivity index (χ0v) is 7.47. The van der Waals surface area contributed by atoms with Crippen molar-refractivity contribution in [3.8, 4) is 5.75 Å². The molecular formula is C10H12FNO. The van der Waals surface area contributed by atoms with E-state index in [1.807, 2.05) is 0 Å². The van der Waals surface area contributed by atoms with Gasteiger partial charge in [0.05, 0.1) is 0 Å². The third-order valence-electron chi connectivity index (χ3n) is 2.59. The van der Waals surface area contributed by atoms with Crippen LogP contribution in [0.3, 0.4) is 0 Å². The molecule has 0 unspecified atom stereocenters.